The molecule has 2 heterocycles. The molecule has 1 aromatic heterocycles. The van der Waals surface area contributed by atoms with Crippen LogP contribution in [0.5, 0.6) is 0 Å². The van der Waals surface area contributed by atoms with Gasteiger partial charge in [0.2, 0.25) is 0 Å². The summed E-state index contributed by atoms with van der Waals surface area (Å²) in [6.45, 7) is 2.48. The van der Waals surface area contributed by atoms with Gasteiger partial charge >= 0.3 is 5.69 Å². The molecule has 3 aromatic carbocycles. The van der Waals surface area contributed by atoms with E-state index in [0.29, 0.717) is 16.6 Å². The average Bonchev–Trinajstić information content (AvgIpc) is 3.13. The first kappa shape index (κ1) is 20.4. The second kappa shape index (κ2) is 8.54. The Kier molecular flexibility index (Phi) is 5.61. The summed E-state index contributed by atoms with van der Waals surface area (Å²) in [4.78, 5) is 17.9. The van der Waals surface area contributed by atoms with Crippen LogP contribution in [0, 0.1) is 0 Å². The van der Waals surface area contributed by atoms with E-state index in [9.17, 15) is 4.79 Å². The molecule has 4 nitrogen and oxygen atoms in total. The van der Waals surface area contributed by atoms with Crippen molar-refractivity contribution >= 4 is 34.2 Å². The van der Waals surface area contributed by atoms with Gasteiger partial charge in [-0.05, 0) is 36.6 Å². The first-order chi connectivity index (χ1) is 15.1. The maximum atomic E-state index is 12.5. The van der Waals surface area contributed by atoms with E-state index in [4.69, 9.17) is 23.2 Å². The van der Waals surface area contributed by atoms with Crippen LogP contribution in [0.2, 0.25) is 10.0 Å². The van der Waals surface area contributed by atoms with Crippen molar-refractivity contribution in [3.05, 3.63) is 92.8 Å². The molecule has 6 heteroatoms. The summed E-state index contributed by atoms with van der Waals surface area (Å²) >= 11 is 13.3. The van der Waals surface area contributed by atoms with Crippen molar-refractivity contribution in [2.75, 3.05) is 13.1 Å². The Balaban J connectivity index is 1.34. The van der Waals surface area contributed by atoms with E-state index in [2.05, 4.69) is 22.0 Å². The molecule has 5 rings (SSSR count). The van der Waals surface area contributed by atoms with Crippen molar-refractivity contribution in [1.29, 1.82) is 0 Å². The third kappa shape index (κ3) is 3.91. The topological polar surface area (TPSA) is 41.0 Å². The smallest absolute Gasteiger partial charge is 0.306 e. The Labute approximate surface area is 191 Å². The van der Waals surface area contributed by atoms with Gasteiger partial charge in [-0.2, -0.15) is 0 Å². The third-order valence-corrected chi connectivity index (χ3v) is 6.98. The number of halogens is 2. The van der Waals surface area contributed by atoms with Gasteiger partial charge in [0.1, 0.15) is 0 Å². The number of hydrogen-bond acceptors (Lipinski definition) is 2. The number of hydrogen-bond donors (Lipinski definition) is 1. The lowest BCUT2D eigenvalue weighted by Gasteiger charge is -2.33. The van der Waals surface area contributed by atoms with E-state index >= 15 is 0 Å². The van der Waals surface area contributed by atoms with Gasteiger partial charge in [-0.15, -0.1) is 0 Å². The second-order valence-electron chi connectivity index (χ2n) is 8.08. The van der Waals surface area contributed by atoms with Crippen LogP contribution in [0.15, 0.2) is 71.5 Å². The summed E-state index contributed by atoms with van der Waals surface area (Å²) in [5.41, 5.74) is 4.90. The minimum atomic E-state index is -0.0266. The van der Waals surface area contributed by atoms with Crippen molar-refractivity contribution in [3.63, 3.8) is 0 Å². The fraction of sp³-hybridized carbons (Fsp3) is 0.240. The molecule has 1 aliphatic rings. The third-order valence-electron chi connectivity index (χ3n) is 6.20. The van der Waals surface area contributed by atoms with Gasteiger partial charge < -0.3 is 4.98 Å². The van der Waals surface area contributed by atoms with Gasteiger partial charge in [-0.25, -0.2) is 4.79 Å². The summed E-state index contributed by atoms with van der Waals surface area (Å²) in [6, 6.07) is 22.1. The number of benzene rings is 3. The zero-order valence-electron chi connectivity index (χ0n) is 17.0. The van der Waals surface area contributed by atoms with Gasteiger partial charge in [0.25, 0.3) is 0 Å². The minimum absolute atomic E-state index is 0.0266. The van der Waals surface area contributed by atoms with Crippen LogP contribution in [0.25, 0.3) is 22.2 Å². The normalized spacial score (nSPS) is 15.5. The van der Waals surface area contributed by atoms with Crippen molar-refractivity contribution in [3.8, 4) is 11.1 Å². The maximum absolute atomic E-state index is 12.5. The number of rotatable bonds is 4. The molecule has 1 fully saturated rings. The molecule has 1 aliphatic heterocycles. The fourth-order valence-electron chi connectivity index (χ4n) is 4.58. The van der Waals surface area contributed by atoms with Crippen LogP contribution in [-0.4, -0.2) is 27.5 Å². The van der Waals surface area contributed by atoms with Gasteiger partial charge in [0, 0.05) is 41.8 Å². The second-order valence-corrected chi connectivity index (χ2v) is 8.86. The van der Waals surface area contributed by atoms with Crippen LogP contribution in [0.1, 0.15) is 24.4 Å². The van der Waals surface area contributed by atoms with Crippen LogP contribution in [0.4, 0.5) is 0 Å². The lowest BCUT2D eigenvalue weighted by atomic mass is 10.0. The number of para-hydroxylation sites is 2. The predicted molar refractivity (Wildman–Crippen MR) is 128 cm³/mol. The van der Waals surface area contributed by atoms with E-state index in [-0.39, 0.29) is 11.7 Å². The average molecular weight is 452 g/mol. The molecule has 4 aromatic rings. The van der Waals surface area contributed by atoms with E-state index < -0.39 is 0 Å². The SMILES string of the molecule is O=c1[nH]c2ccccc2n1C1CCN(Cc2c(Cl)ccc(-c3ccccc3)c2Cl)CC1. The van der Waals surface area contributed by atoms with Crippen LogP contribution in [0.3, 0.4) is 0 Å². The van der Waals surface area contributed by atoms with Crippen LogP contribution >= 0.6 is 23.2 Å². The summed E-state index contributed by atoms with van der Waals surface area (Å²) in [6.07, 6.45) is 1.82. The number of aromatic amines is 1. The highest BCUT2D eigenvalue weighted by atomic mass is 35.5. The Morgan fingerprint density at radius 3 is 2.39 bits per heavy atom. The first-order valence-corrected chi connectivity index (χ1v) is 11.3. The molecular formula is C25H23Cl2N3O. The standard InChI is InChI=1S/C25H23Cl2N3O/c26-21-11-10-19(17-6-2-1-3-7-17)24(27)20(21)16-29-14-12-18(13-15-29)30-23-9-5-4-8-22(23)28-25(30)31/h1-11,18H,12-16H2,(H,28,31). The molecule has 0 radical (unpaired) electrons. The summed E-state index contributed by atoms with van der Waals surface area (Å²) < 4.78 is 1.92. The summed E-state index contributed by atoms with van der Waals surface area (Å²) in [5.74, 6) is 0. The minimum Gasteiger partial charge on any atom is -0.306 e. The molecule has 1 saturated heterocycles. The number of likely N-dealkylation sites (tertiary alicyclic amines) is 1. The van der Waals surface area contributed by atoms with Crippen molar-refractivity contribution in [2.45, 2.75) is 25.4 Å². The van der Waals surface area contributed by atoms with Crippen molar-refractivity contribution < 1.29 is 0 Å². The summed E-state index contributed by atoms with van der Waals surface area (Å²) in [7, 11) is 0. The van der Waals surface area contributed by atoms with E-state index in [1.165, 1.54) is 0 Å². The highest BCUT2D eigenvalue weighted by Crippen LogP contribution is 2.36. The summed E-state index contributed by atoms with van der Waals surface area (Å²) in [5, 5.41) is 1.41. The Hall–Kier alpha value is -2.53. The van der Waals surface area contributed by atoms with E-state index in [0.717, 1.165) is 53.7 Å². The molecule has 0 spiro atoms. The molecule has 0 unspecified atom stereocenters. The van der Waals surface area contributed by atoms with Crippen LogP contribution in [-0.2, 0) is 6.54 Å². The first-order valence-electron chi connectivity index (χ1n) is 10.6. The zero-order valence-corrected chi connectivity index (χ0v) is 18.5. The predicted octanol–water partition coefficient (Wildman–Crippen LogP) is 6.14. The number of imidazole rings is 1. The van der Waals surface area contributed by atoms with Gasteiger partial charge in [0.05, 0.1) is 16.1 Å². The van der Waals surface area contributed by atoms with E-state index in [1.54, 1.807) is 0 Å². The number of aromatic nitrogens is 2. The molecule has 0 aliphatic carbocycles. The molecule has 1 N–H and O–H groups in total. The van der Waals surface area contributed by atoms with Gasteiger partial charge in [0.15, 0.2) is 0 Å². The van der Waals surface area contributed by atoms with E-state index in [1.807, 2.05) is 59.2 Å². The number of H-pyrrole nitrogens is 1. The Morgan fingerprint density at radius 2 is 1.61 bits per heavy atom. The molecule has 158 valence electrons. The quantitative estimate of drug-likeness (QED) is 0.404. The molecule has 0 bridgehead atoms. The van der Waals surface area contributed by atoms with Crippen LogP contribution < -0.4 is 5.69 Å². The number of piperidine rings is 1. The Morgan fingerprint density at radius 1 is 0.903 bits per heavy atom. The lowest BCUT2D eigenvalue weighted by Crippen LogP contribution is -2.36. The lowest BCUT2D eigenvalue weighted by molar-refractivity contribution is 0.180. The zero-order chi connectivity index (χ0) is 21.4. The molecule has 0 atom stereocenters. The highest BCUT2D eigenvalue weighted by molar-refractivity contribution is 6.37. The number of nitrogens with zero attached hydrogens (tertiary/aromatic N) is 2. The molecule has 0 saturated carbocycles. The maximum Gasteiger partial charge on any atom is 0.326 e. The van der Waals surface area contributed by atoms with Crippen molar-refractivity contribution in [2.24, 2.45) is 0 Å². The number of fused-ring (bicyclic) bond motifs is 1. The Bertz CT molecular complexity index is 1270. The molecule has 31 heavy (non-hydrogen) atoms. The van der Waals surface area contributed by atoms with Gasteiger partial charge in [-0.1, -0.05) is 71.7 Å². The van der Waals surface area contributed by atoms with Crippen molar-refractivity contribution in [1.82, 2.24) is 14.5 Å². The monoisotopic (exact) mass is 451 g/mol. The highest BCUT2D eigenvalue weighted by Gasteiger charge is 2.25. The molecular weight excluding hydrogens is 429 g/mol. The largest absolute Gasteiger partial charge is 0.326 e. The van der Waals surface area contributed by atoms with Gasteiger partial charge in [-0.3, -0.25) is 9.47 Å². The molecule has 0 amide bonds. The number of nitrogens with one attached hydrogen (secondary N) is 1. The fourth-order valence-corrected chi connectivity index (χ4v) is 5.18.